The van der Waals surface area contributed by atoms with Crippen LogP contribution >= 0.6 is 0 Å². The first kappa shape index (κ1) is 19.9. The first-order valence-corrected chi connectivity index (χ1v) is 10.9. The van der Waals surface area contributed by atoms with Gasteiger partial charge in [0.2, 0.25) is 5.82 Å². The maximum absolute atomic E-state index is 13.1. The van der Waals surface area contributed by atoms with E-state index >= 15 is 0 Å². The van der Waals surface area contributed by atoms with Crippen LogP contribution in [0.2, 0.25) is 0 Å². The molecule has 1 aliphatic heterocycles. The molecule has 1 amide bonds. The number of tetrazole rings is 1. The minimum absolute atomic E-state index is 0.176. The smallest absolute Gasteiger partial charge is 0.255 e. The minimum Gasteiger partial charge on any atom is -0.372 e. The zero-order valence-electron chi connectivity index (χ0n) is 17.7. The zero-order valence-corrected chi connectivity index (χ0v) is 17.7. The molecular formula is C25H24N6O. The van der Waals surface area contributed by atoms with Crippen LogP contribution in [0.15, 0.2) is 72.8 Å². The molecule has 1 aliphatic rings. The summed E-state index contributed by atoms with van der Waals surface area (Å²) in [7, 11) is 0. The lowest BCUT2D eigenvalue weighted by atomic mass is 10.0. The summed E-state index contributed by atoms with van der Waals surface area (Å²) in [6.07, 6.45) is 3.74. The average molecular weight is 425 g/mol. The van der Waals surface area contributed by atoms with Gasteiger partial charge in [-0.05, 0) is 72.0 Å². The van der Waals surface area contributed by atoms with Crippen molar-refractivity contribution in [1.29, 1.82) is 0 Å². The monoisotopic (exact) mass is 424 g/mol. The standard InChI is InChI=1S/C25H24N6O/c32-25(19-9-12-21(13-10-19)31-15-5-2-6-16-31)26-23-17-20(18-7-3-1-4-8-18)11-14-22(23)24-27-29-30-28-24/h1,3-4,7-14,17H,2,5-6,15-16H2,(H,26,32)(H,27,28,29,30). The maximum Gasteiger partial charge on any atom is 0.255 e. The van der Waals surface area contributed by atoms with Crippen LogP contribution in [0, 0.1) is 0 Å². The fourth-order valence-electron chi connectivity index (χ4n) is 4.10. The topological polar surface area (TPSA) is 86.8 Å². The number of carbonyl (C=O) groups is 1. The highest BCUT2D eigenvalue weighted by Crippen LogP contribution is 2.31. The van der Waals surface area contributed by atoms with Crippen LogP contribution in [0.3, 0.4) is 0 Å². The third kappa shape index (κ3) is 4.23. The van der Waals surface area contributed by atoms with E-state index in [0.717, 1.165) is 24.2 Å². The summed E-state index contributed by atoms with van der Waals surface area (Å²) in [5.41, 5.74) is 5.17. The quantitative estimate of drug-likeness (QED) is 0.482. The van der Waals surface area contributed by atoms with Gasteiger partial charge in [0.15, 0.2) is 0 Å². The summed E-state index contributed by atoms with van der Waals surface area (Å²) in [5.74, 6) is 0.255. The van der Waals surface area contributed by atoms with Gasteiger partial charge in [-0.1, -0.05) is 36.4 Å². The highest BCUT2D eigenvalue weighted by atomic mass is 16.1. The van der Waals surface area contributed by atoms with Gasteiger partial charge in [0.1, 0.15) is 0 Å². The van der Waals surface area contributed by atoms with Gasteiger partial charge in [-0.2, -0.15) is 5.21 Å². The van der Waals surface area contributed by atoms with E-state index in [1.54, 1.807) is 0 Å². The number of hydrogen-bond donors (Lipinski definition) is 2. The lowest BCUT2D eigenvalue weighted by Gasteiger charge is -2.28. The van der Waals surface area contributed by atoms with Gasteiger partial charge in [-0.3, -0.25) is 4.79 Å². The summed E-state index contributed by atoms with van der Waals surface area (Å²) < 4.78 is 0. The molecule has 0 aliphatic carbocycles. The predicted octanol–water partition coefficient (Wildman–Crippen LogP) is 4.78. The first-order valence-electron chi connectivity index (χ1n) is 10.9. The second-order valence-corrected chi connectivity index (χ2v) is 7.91. The van der Waals surface area contributed by atoms with E-state index in [1.165, 1.54) is 24.9 Å². The fraction of sp³-hybridized carbons (Fsp3) is 0.200. The number of carbonyl (C=O) groups excluding carboxylic acids is 1. The molecule has 3 aromatic carbocycles. The Bertz CT molecular complexity index is 1180. The summed E-state index contributed by atoms with van der Waals surface area (Å²) in [4.78, 5) is 15.5. The molecule has 2 N–H and O–H groups in total. The molecule has 0 saturated carbocycles. The Morgan fingerprint density at radius 2 is 1.66 bits per heavy atom. The van der Waals surface area contributed by atoms with Crippen LogP contribution in [0.1, 0.15) is 29.6 Å². The number of aromatic amines is 1. The molecule has 0 radical (unpaired) electrons. The number of benzene rings is 3. The van der Waals surface area contributed by atoms with E-state index in [4.69, 9.17) is 0 Å². The van der Waals surface area contributed by atoms with E-state index in [1.807, 2.05) is 72.8 Å². The van der Waals surface area contributed by atoms with Crippen molar-refractivity contribution in [3.63, 3.8) is 0 Å². The first-order chi connectivity index (χ1) is 15.8. The predicted molar refractivity (Wildman–Crippen MR) is 126 cm³/mol. The molecule has 2 heterocycles. The number of hydrogen-bond acceptors (Lipinski definition) is 5. The van der Waals surface area contributed by atoms with Gasteiger partial charge in [0, 0.05) is 29.9 Å². The summed E-state index contributed by atoms with van der Waals surface area (Å²) in [5, 5.41) is 17.4. The lowest BCUT2D eigenvalue weighted by molar-refractivity contribution is 0.102. The average Bonchev–Trinajstić information content (AvgIpc) is 3.40. The van der Waals surface area contributed by atoms with E-state index in [9.17, 15) is 4.79 Å². The summed E-state index contributed by atoms with van der Waals surface area (Å²) in [6.45, 7) is 2.15. The van der Waals surface area contributed by atoms with Gasteiger partial charge in [0.05, 0.1) is 5.69 Å². The maximum atomic E-state index is 13.1. The Kier molecular flexibility index (Phi) is 5.61. The van der Waals surface area contributed by atoms with E-state index in [2.05, 4.69) is 30.8 Å². The van der Waals surface area contributed by atoms with Crippen LogP contribution in [-0.4, -0.2) is 39.6 Å². The zero-order chi connectivity index (χ0) is 21.8. The molecule has 0 atom stereocenters. The molecule has 0 unspecified atom stereocenters. The normalized spacial score (nSPS) is 13.7. The fourth-order valence-corrected chi connectivity index (χ4v) is 4.10. The van der Waals surface area contributed by atoms with Gasteiger partial charge >= 0.3 is 0 Å². The number of amides is 1. The Hall–Kier alpha value is -4.00. The molecule has 32 heavy (non-hydrogen) atoms. The number of H-pyrrole nitrogens is 1. The molecule has 4 aromatic rings. The second-order valence-electron chi connectivity index (χ2n) is 7.91. The summed E-state index contributed by atoms with van der Waals surface area (Å²) >= 11 is 0. The third-order valence-electron chi connectivity index (χ3n) is 5.81. The Morgan fingerprint density at radius 1 is 0.875 bits per heavy atom. The van der Waals surface area contributed by atoms with Crippen molar-refractivity contribution in [2.24, 2.45) is 0 Å². The van der Waals surface area contributed by atoms with E-state index in [0.29, 0.717) is 22.6 Å². The van der Waals surface area contributed by atoms with Crippen molar-refractivity contribution in [2.75, 3.05) is 23.3 Å². The molecule has 1 aromatic heterocycles. The number of nitrogens with one attached hydrogen (secondary N) is 2. The molecule has 7 nitrogen and oxygen atoms in total. The van der Waals surface area contributed by atoms with Crippen molar-refractivity contribution < 1.29 is 4.79 Å². The van der Waals surface area contributed by atoms with Crippen LogP contribution < -0.4 is 10.2 Å². The van der Waals surface area contributed by atoms with Crippen LogP contribution in [0.5, 0.6) is 0 Å². The van der Waals surface area contributed by atoms with Gasteiger partial charge in [-0.25, -0.2) is 0 Å². The Morgan fingerprint density at radius 3 is 2.38 bits per heavy atom. The molecule has 5 rings (SSSR count). The summed E-state index contributed by atoms with van der Waals surface area (Å²) in [6, 6.07) is 23.7. The van der Waals surface area contributed by atoms with E-state index < -0.39 is 0 Å². The highest BCUT2D eigenvalue weighted by molar-refractivity contribution is 6.06. The largest absolute Gasteiger partial charge is 0.372 e. The SMILES string of the molecule is O=C(Nc1cc(-c2ccccc2)ccc1-c1nn[nH]n1)c1ccc(N2CCCCC2)cc1. The third-order valence-corrected chi connectivity index (χ3v) is 5.81. The van der Waals surface area contributed by atoms with Gasteiger partial charge in [-0.15, -0.1) is 10.2 Å². The number of nitrogens with zero attached hydrogens (tertiary/aromatic N) is 4. The van der Waals surface area contributed by atoms with Crippen LogP contribution in [0.25, 0.3) is 22.5 Å². The van der Waals surface area contributed by atoms with E-state index in [-0.39, 0.29) is 5.91 Å². The molecule has 1 saturated heterocycles. The van der Waals surface area contributed by atoms with Crippen molar-refractivity contribution in [2.45, 2.75) is 19.3 Å². The highest BCUT2D eigenvalue weighted by Gasteiger charge is 2.16. The molecular weight excluding hydrogens is 400 g/mol. The van der Waals surface area contributed by atoms with Crippen molar-refractivity contribution in [3.05, 3.63) is 78.4 Å². The van der Waals surface area contributed by atoms with Crippen molar-refractivity contribution >= 4 is 17.3 Å². The number of anilines is 2. The minimum atomic E-state index is -0.176. The molecule has 0 bridgehead atoms. The van der Waals surface area contributed by atoms with Crippen molar-refractivity contribution in [3.8, 4) is 22.5 Å². The molecule has 1 fully saturated rings. The van der Waals surface area contributed by atoms with Crippen molar-refractivity contribution in [1.82, 2.24) is 20.6 Å². The molecule has 160 valence electrons. The number of aromatic nitrogens is 4. The second kappa shape index (κ2) is 9.01. The Labute approximate surface area is 186 Å². The molecule has 0 spiro atoms. The number of piperidine rings is 1. The molecule has 7 heteroatoms. The Balaban J connectivity index is 1.42. The number of rotatable bonds is 5. The lowest BCUT2D eigenvalue weighted by Crippen LogP contribution is -2.29. The van der Waals surface area contributed by atoms with Crippen LogP contribution in [-0.2, 0) is 0 Å². The van der Waals surface area contributed by atoms with Gasteiger partial charge < -0.3 is 10.2 Å². The van der Waals surface area contributed by atoms with Crippen LogP contribution in [0.4, 0.5) is 11.4 Å². The van der Waals surface area contributed by atoms with Gasteiger partial charge in [0.25, 0.3) is 5.91 Å².